The first kappa shape index (κ1) is 23.4. The number of nitrogens with zero attached hydrogens (tertiary/aromatic N) is 3. The zero-order valence-corrected chi connectivity index (χ0v) is 18.8. The lowest BCUT2D eigenvalue weighted by Gasteiger charge is -2.35. The Balaban J connectivity index is 2.17. The molecule has 0 aromatic heterocycles. The number of alkyl carbamates (subject to hydrolysis) is 1. The molecule has 0 saturated heterocycles. The molecule has 0 bridgehead atoms. The smallest absolute Gasteiger partial charge is 0.407 e. The number of amides is 1. The van der Waals surface area contributed by atoms with Crippen LogP contribution in [-0.4, -0.2) is 44.2 Å². The van der Waals surface area contributed by atoms with Crippen molar-refractivity contribution < 1.29 is 17.9 Å². The number of rotatable bonds is 6. The lowest BCUT2D eigenvalue weighted by Crippen LogP contribution is -2.48. The molecular weight excluding hydrogens is 412 g/mol. The molecule has 29 heavy (non-hydrogen) atoms. The number of nitrogens with one attached hydrogen (secondary N) is 1. The maximum atomic E-state index is 12.9. The Morgan fingerprint density at radius 1 is 1.31 bits per heavy atom. The van der Waals surface area contributed by atoms with E-state index in [1.54, 1.807) is 56.8 Å². The number of carbonyl (C=O) groups is 1. The van der Waals surface area contributed by atoms with Gasteiger partial charge in [-0.25, -0.2) is 13.2 Å². The normalized spacial score (nSPS) is 22.4. The molecular formula is C19H28N4O4S2. The van der Waals surface area contributed by atoms with Crippen LogP contribution in [0.1, 0.15) is 40.0 Å². The van der Waals surface area contributed by atoms with Crippen molar-refractivity contribution in [3.63, 3.8) is 0 Å². The van der Waals surface area contributed by atoms with Gasteiger partial charge in [-0.1, -0.05) is 5.11 Å². The van der Waals surface area contributed by atoms with Gasteiger partial charge in [0.15, 0.2) is 9.84 Å². The summed E-state index contributed by atoms with van der Waals surface area (Å²) in [5.41, 5.74) is 8.07. The van der Waals surface area contributed by atoms with Crippen molar-refractivity contribution in [1.82, 2.24) is 5.32 Å². The maximum absolute atomic E-state index is 12.9. The third-order valence-corrected chi connectivity index (χ3v) is 7.34. The van der Waals surface area contributed by atoms with E-state index in [-0.39, 0.29) is 22.6 Å². The molecule has 1 aliphatic rings. The van der Waals surface area contributed by atoms with Gasteiger partial charge in [-0.3, -0.25) is 0 Å². The number of hydrogen-bond donors (Lipinski definition) is 1. The number of hydrogen-bond acceptors (Lipinski definition) is 6. The van der Waals surface area contributed by atoms with Crippen LogP contribution in [0, 0.1) is 5.92 Å². The third-order valence-electron chi connectivity index (χ3n) is 4.73. The highest BCUT2D eigenvalue weighted by Gasteiger charge is 2.35. The molecule has 10 heteroatoms. The average Bonchev–Trinajstić information content (AvgIpc) is 2.62. The van der Waals surface area contributed by atoms with Gasteiger partial charge in [-0.05, 0) is 82.0 Å². The maximum Gasteiger partial charge on any atom is 0.407 e. The summed E-state index contributed by atoms with van der Waals surface area (Å²) in [6, 6.07) is 6.07. The van der Waals surface area contributed by atoms with E-state index in [1.807, 2.05) is 6.26 Å². The van der Waals surface area contributed by atoms with E-state index in [0.29, 0.717) is 19.3 Å². The Morgan fingerprint density at radius 3 is 2.52 bits per heavy atom. The monoisotopic (exact) mass is 440 g/mol. The Labute approximate surface area is 176 Å². The van der Waals surface area contributed by atoms with E-state index in [9.17, 15) is 13.2 Å². The van der Waals surface area contributed by atoms with Crippen molar-refractivity contribution >= 4 is 27.7 Å². The Morgan fingerprint density at radius 2 is 1.97 bits per heavy atom. The van der Waals surface area contributed by atoms with Crippen LogP contribution in [0.4, 0.5) is 4.79 Å². The molecule has 1 fully saturated rings. The van der Waals surface area contributed by atoms with Crippen molar-refractivity contribution in [2.45, 2.75) is 67.5 Å². The quantitative estimate of drug-likeness (QED) is 0.301. The van der Waals surface area contributed by atoms with Crippen LogP contribution < -0.4 is 5.32 Å². The molecule has 0 aliphatic heterocycles. The predicted octanol–water partition coefficient (Wildman–Crippen LogP) is 4.55. The average molecular weight is 441 g/mol. The Kier molecular flexibility index (Phi) is 7.85. The van der Waals surface area contributed by atoms with Gasteiger partial charge >= 0.3 is 6.09 Å². The van der Waals surface area contributed by atoms with Gasteiger partial charge in [0.05, 0.1) is 10.6 Å². The number of sulfone groups is 1. The molecule has 1 N–H and O–H groups in total. The molecule has 2 rings (SSSR count). The molecule has 8 nitrogen and oxygen atoms in total. The van der Waals surface area contributed by atoms with Gasteiger partial charge in [0.25, 0.3) is 0 Å². The minimum absolute atomic E-state index is 0.0882. The molecule has 1 aliphatic carbocycles. The van der Waals surface area contributed by atoms with Crippen LogP contribution >= 0.6 is 11.8 Å². The highest BCUT2D eigenvalue weighted by Crippen LogP contribution is 2.30. The summed E-state index contributed by atoms with van der Waals surface area (Å²) in [5.74, 6) is -0.382. The van der Waals surface area contributed by atoms with Gasteiger partial charge in [-0.15, -0.1) is 11.8 Å². The summed E-state index contributed by atoms with van der Waals surface area (Å²) in [4.78, 5) is 16.4. The van der Waals surface area contributed by atoms with E-state index in [0.717, 1.165) is 4.90 Å². The van der Waals surface area contributed by atoms with Crippen LogP contribution in [0.5, 0.6) is 0 Å². The molecule has 160 valence electrons. The first-order valence-corrected chi connectivity index (χ1v) is 12.3. The summed E-state index contributed by atoms with van der Waals surface area (Å²) in [6.07, 6.45) is 2.83. The van der Waals surface area contributed by atoms with E-state index < -0.39 is 27.6 Å². The van der Waals surface area contributed by atoms with Gasteiger partial charge < -0.3 is 10.1 Å². The number of benzene rings is 1. The van der Waals surface area contributed by atoms with E-state index in [2.05, 4.69) is 15.3 Å². The van der Waals surface area contributed by atoms with Gasteiger partial charge in [0, 0.05) is 21.9 Å². The molecule has 1 saturated carbocycles. The van der Waals surface area contributed by atoms with Crippen molar-refractivity contribution in [2.75, 3.05) is 12.0 Å². The van der Waals surface area contributed by atoms with Gasteiger partial charge in [0.1, 0.15) is 5.60 Å². The minimum Gasteiger partial charge on any atom is -0.444 e. The lowest BCUT2D eigenvalue weighted by atomic mass is 9.83. The summed E-state index contributed by atoms with van der Waals surface area (Å²) in [7, 11) is -3.52. The first-order valence-electron chi connectivity index (χ1n) is 9.44. The summed E-state index contributed by atoms with van der Waals surface area (Å²) >= 11 is 1.54. The molecule has 3 atom stereocenters. The number of thioether (sulfide) groups is 1. The van der Waals surface area contributed by atoms with Crippen LogP contribution in [0.15, 0.2) is 39.2 Å². The van der Waals surface area contributed by atoms with Crippen molar-refractivity contribution in [3.8, 4) is 0 Å². The van der Waals surface area contributed by atoms with Crippen LogP contribution in [0.25, 0.3) is 10.4 Å². The van der Waals surface area contributed by atoms with Crippen molar-refractivity contribution in [3.05, 3.63) is 34.7 Å². The Bertz CT molecular complexity index is 859. The molecule has 0 unspecified atom stereocenters. The van der Waals surface area contributed by atoms with Crippen LogP contribution in [-0.2, 0) is 14.6 Å². The topological polar surface area (TPSA) is 121 Å². The van der Waals surface area contributed by atoms with E-state index in [1.165, 1.54) is 0 Å². The second-order valence-electron chi connectivity index (χ2n) is 8.14. The number of carbonyl (C=O) groups excluding carboxylic acids is 1. The predicted molar refractivity (Wildman–Crippen MR) is 114 cm³/mol. The standard InChI is InChI=1S/C19H28N4O4S2/c1-19(2,3)27-18(24)21-17-11-14(22-23-20)6-5-13(17)12-29(25,26)16-9-7-15(28-4)8-10-16/h7-10,13-14,17H,5-6,11-12H2,1-4H3,(H,21,24)/t13-,14+,17+/m1/s1. The van der Waals surface area contributed by atoms with Crippen LogP contribution in [0.3, 0.4) is 0 Å². The fourth-order valence-electron chi connectivity index (χ4n) is 3.39. The molecule has 0 heterocycles. The largest absolute Gasteiger partial charge is 0.444 e. The second-order valence-corrected chi connectivity index (χ2v) is 11.1. The third kappa shape index (κ3) is 7.13. The summed E-state index contributed by atoms with van der Waals surface area (Å²) < 4.78 is 31.2. The molecule has 1 amide bonds. The van der Waals surface area contributed by atoms with E-state index >= 15 is 0 Å². The SMILES string of the molecule is CSc1ccc(S(=O)(=O)C[C@H]2CC[C@H](N=[N+]=[N-])C[C@@H]2NC(=O)OC(C)(C)C)cc1. The number of ether oxygens (including phenoxy) is 1. The minimum atomic E-state index is -3.52. The number of azide groups is 1. The molecule has 1 aromatic rings. The van der Waals surface area contributed by atoms with Crippen LogP contribution in [0.2, 0.25) is 0 Å². The van der Waals surface area contributed by atoms with Crippen molar-refractivity contribution in [2.24, 2.45) is 11.0 Å². The lowest BCUT2D eigenvalue weighted by molar-refractivity contribution is 0.0470. The fourth-order valence-corrected chi connectivity index (χ4v) is 5.50. The molecule has 0 radical (unpaired) electrons. The highest BCUT2D eigenvalue weighted by atomic mass is 32.2. The fraction of sp³-hybridized carbons (Fsp3) is 0.632. The summed E-state index contributed by atoms with van der Waals surface area (Å²) in [5, 5.41) is 6.55. The Hall–Kier alpha value is -1.90. The zero-order chi connectivity index (χ0) is 21.7. The van der Waals surface area contributed by atoms with Gasteiger partial charge in [0.2, 0.25) is 0 Å². The summed E-state index contributed by atoms with van der Waals surface area (Å²) in [6.45, 7) is 5.28. The van der Waals surface area contributed by atoms with Gasteiger partial charge in [-0.2, -0.15) is 0 Å². The zero-order valence-electron chi connectivity index (χ0n) is 17.2. The highest BCUT2D eigenvalue weighted by molar-refractivity contribution is 7.98. The second kappa shape index (κ2) is 9.73. The molecule has 0 spiro atoms. The molecule has 1 aromatic carbocycles. The first-order chi connectivity index (χ1) is 13.5. The van der Waals surface area contributed by atoms with Crippen molar-refractivity contribution in [1.29, 1.82) is 0 Å². The van der Waals surface area contributed by atoms with E-state index in [4.69, 9.17) is 10.3 Å².